The van der Waals surface area contributed by atoms with Crippen LogP contribution in [0, 0.1) is 11.8 Å². The second-order valence-electron chi connectivity index (χ2n) is 34.5. The summed E-state index contributed by atoms with van der Waals surface area (Å²) in [6.45, 7) is 18.6. The van der Waals surface area contributed by atoms with Crippen LogP contribution >= 0.6 is 0 Å². The van der Waals surface area contributed by atoms with Crippen LogP contribution in [0.1, 0.15) is 88.8 Å². The van der Waals surface area contributed by atoms with E-state index >= 15 is 0 Å². The Bertz CT molecular complexity index is 7610. The van der Waals surface area contributed by atoms with Gasteiger partial charge >= 0.3 is 0 Å². The van der Waals surface area contributed by atoms with Crippen molar-refractivity contribution in [1.29, 1.82) is 0 Å². The highest BCUT2D eigenvalue weighted by Gasteiger charge is 2.49. The smallest absolute Gasteiger partial charge is 0.182 e. The number of hydrogen-bond donors (Lipinski definition) is 0. The number of pyridine rings is 1. The lowest BCUT2D eigenvalue weighted by Crippen LogP contribution is -2.37. The maximum absolute atomic E-state index is 6.42. The van der Waals surface area contributed by atoms with Crippen LogP contribution in [0.5, 0.6) is 0 Å². The molecular weight excluding hydrogens is 1520 g/mol. The Morgan fingerprint density at radius 2 is 0.540 bits per heavy atom. The molecule has 0 atom stereocenters. The summed E-state index contributed by atoms with van der Waals surface area (Å²) in [6, 6.07) is 120. The molecule has 21 aromatic rings. The fraction of sp³-hybridized carbons (Fsp3) is 0.115. The molecule has 0 saturated carbocycles. The molecule has 0 N–H and O–H groups in total. The topological polar surface area (TPSA) is 143 Å². The van der Waals surface area contributed by atoms with E-state index in [1.54, 1.807) is 6.20 Å². The summed E-state index contributed by atoms with van der Waals surface area (Å²) < 4.78 is 18.9. The first-order chi connectivity index (χ1) is 60.6. The minimum atomic E-state index is -0.215. The van der Waals surface area contributed by atoms with Crippen molar-refractivity contribution in [3.63, 3.8) is 0 Å². The fourth-order valence-corrected chi connectivity index (χ4v) is 19.9. The fourth-order valence-electron chi connectivity index (χ4n) is 19.9. The number of benzene rings is 14. The highest BCUT2D eigenvalue weighted by molar-refractivity contribution is 6.11. The number of aromatic nitrogens is 8. The first kappa shape index (κ1) is 75.0. The van der Waals surface area contributed by atoms with Gasteiger partial charge in [0.25, 0.3) is 0 Å². The molecule has 0 aliphatic heterocycles. The normalized spacial score (nSPS) is 13.5. The average Bonchev–Trinajstić information content (AvgIpc) is 1.48. The molecule has 24 rings (SSSR count). The Balaban J connectivity index is 0.000000111. The molecule has 7 aromatic heterocycles. The van der Waals surface area contributed by atoms with Gasteiger partial charge in [0.05, 0.1) is 22.8 Å². The van der Waals surface area contributed by atoms with Crippen LogP contribution in [0.25, 0.3) is 201 Å². The molecule has 0 fully saturated rings. The summed E-state index contributed by atoms with van der Waals surface area (Å²) >= 11 is 0. The molecule has 594 valence electrons. The van der Waals surface area contributed by atoms with Crippen molar-refractivity contribution >= 4 is 65.8 Å². The molecule has 0 radical (unpaired) electrons. The van der Waals surface area contributed by atoms with Crippen molar-refractivity contribution < 1.29 is 13.3 Å². The van der Waals surface area contributed by atoms with Gasteiger partial charge in [-0.3, -0.25) is 4.98 Å². The van der Waals surface area contributed by atoms with Gasteiger partial charge in [-0.25, -0.2) is 34.9 Å². The number of rotatable bonds is 11. The second-order valence-corrected chi connectivity index (χ2v) is 34.5. The minimum Gasteiger partial charge on any atom is -0.456 e. The summed E-state index contributed by atoms with van der Waals surface area (Å²) in [4.78, 5) is 39.4. The van der Waals surface area contributed by atoms with Crippen LogP contribution in [0.3, 0.4) is 0 Å². The largest absolute Gasteiger partial charge is 0.456 e. The van der Waals surface area contributed by atoms with Crippen molar-refractivity contribution in [3.8, 4) is 135 Å². The van der Waals surface area contributed by atoms with E-state index in [4.69, 9.17) is 48.1 Å². The van der Waals surface area contributed by atoms with Crippen LogP contribution < -0.4 is 0 Å². The average molecular weight is 1600 g/mol. The number of hydrogen-bond acceptors (Lipinski definition) is 11. The lowest BCUT2D eigenvalue weighted by Gasteiger charge is -2.40. The van der Waals surface area contributed by atoms with Gasteiger partial charge in [-0.15, -0.1) is 0 Å². The minimum absolute atomic E-state index is 0.133. The van der Waals surface area contributed by atoms with E-state index < -0.39 is 0 Å². The summed E-state index contributed by atoms with van der Waals surface area (Å²) in [6.07, 6.45) is 1.76. The Hall–Kier alpha value is -15.2. The van der Waals surface area contributed by atoms with Gasteiger partial charge in [0.15, 0.2) is 29.1 Å². The predicted molar refractivity (Wildman–Crippen MR) is 503 cm³/mol. The molecule has 14 aromatic carbocycles. The SMILES string of the molecule is CC(C)C1(C(C)C)c2ccc(-c3cc(-c4ccccc4)nc(-c4ccccc4)n3)cc2-c2cc3c(cc21)oc1ccccc13.CC1(C)c2cc(-c3nc(-c4ccccc4)nc(-c4ccccn4)n3)ccc2-c2cc3c(cc21)oc1ccccc13.CC1(C)c2ccc(-c3nc(-c4ccccc4)cc(-c4ccccc4)n3)cc2-c2cc3c(cc21)oc1ccccc13. The van der Waals surface area contributed by atoms with Gasteiger partial charge in [-0.1, -0.05) is 304 Å². The van der Waals surface area contributed by atoms with Crippen molar-refractivity contribution in [1.82, 2.24) is 39.9 Å². The molecule has 124 heavy (non-hydrogen) atoms. The van der Waals surface area contributed by atoms with Crippen LogP contribution in [-0.2, 0) is 16.2 Å². The van der Waals surface area contributed by atoms with E-state index in [2.05, 4.69) is 267 Å². The summed E-state index contributed by atoms with van der Waals surface area (Å²) in [7, 11) is 0. The molecule has 3 aliphatic carbocycles. The van der Waals surface area contributed by atoms with Crippen molar-refractivity contribution in [2.75, 3.05) is 0 Å². The Morgan fingerprint density at radius 1 is 0.210 bits per heavy atom. The van der Waals surface area contributed by atoms with E-state index in [1.807, 2.05) is 140 Å². The van der Waals surface area contributed by atoms with Gasteiger partial charge in [0.1, 0.15) is 39.2 Å². The van der Waals surface area contributed by atoms with Gasteiger partial charge in [0.2, 0.25) is 0 Å². The maximum Gasteiger partial charge on any atom is 0.182 e. The second kappa shape index (κ2) is 29.6. The zero-order chi connectivity index (χ0) is 83.7. The summed E-state index contributed by atoms with van der Waals surface area (Å²) in [5, 5.41) is 6.91. The van der Waals surface area contributed by atoms with E-state index in [9.17, 15) is 0 Å². The lowest BCUT2D eigenvalue weighted by molar-refractivity contribution is 0.280. The number of nitrogens with zero attached hydrogens (tertiary/aromatic N) is 8. The van der Waals surface area contributed by atoms with Crippen LogP contribution in [0.2, 0.25) is 0 Å². The van der Waals surface area contributed by atoms with Crippen molar-refractivity contribution in [2.24, 2.45) is 11.8 Å². The number of para-hydroxylation sites is 3. The molecule has 0 saturated heterocycles. The monoisotopic (exact) mass is 1600 g/mol. The van der Waals surface area contributed by atoms with Crippen LogP contribution in [-0.4, -0.2) is 39.9 Å². The molecule has 0 bridgehead atoms. The molecule has 11 nitrogen and oxygen atoms in total. The quantitative estimate of drug-likeness (QED) is 0.122. The third kappa shape index (κ3) is 12.5. The van der Waals surface area contributed by atoms with Crippen molar-refractivity contribution in [2.45, 2.75) is 71.6 Å². The summed E-state index contributed by atoms with van der Waals surface area (Å²) in [5.41, 5.74) is 33.1. The first-order valence-corrected chi connectivity index (χ1v) is 42.6. The number of fused-ring (bicyclic) bond motifs is 18. The standard InChI is InChI=1S/C41H34N2O.C37H26N2O.C35H24N4O/c1-25(2)41(26(3)4)34-20-19-29(21-31(34)32-22-33-30-17-11-12-18-38(30)44-39(33)23-35(32)41)37-24-36(27-13-7-5-8-14-27)42-40(43-37)28-15-9-6-10-16-28;1-37(2)30-18-17-25(19-27(30)28-20-29-26-15-9-10-16-34(26)40-35(29)21-31(28)37)36-38-32(23-11-5-3-6-12-23)22-33(39-36)24-13-7-4-8-14-24;1-35(2)27-18-22(15-16-23(27)25-19-26-24-12-6-7-14-30(24)40-31(26)20-28(25)35)33-37-32(21-10-4-3-5-11-21)38-34(39-33)29-13-8-9-17-36-29/h5-26H,1-4H3;3-22H,1-2H3;3-20H,1-2H3. The highest BCUT2D eigenvalue weighted by Crippen LogP contribution is 2.60. The summed E-state index contributed by atoms with van der Waals surface area (Å²) in [5.74, 6) is 4.05. The van der Waals surface area contributed by atoms with E-state index in [0.29, 0.717) is 35.0 Å². The van der Waals surface area contributed by atoms with E-state index in [0.717, 1.165) is 139 Å². The third-order valence-electron chi connectivity index (χ3n) is 26.0. The predicted octanol–water partition coefficient (Wildman–Crippen LogP) is 29.1. The maximum atomic E-state index is 6.42. The Kier molecular flexibility index (Phi) is 17.9. The Morgan fingerprint density at radius 3 is 1.02 bits per heavy atom. The lowest BCUT2D eigenvalue weighted by atomic mass is 9.63. The van der Waals surface area contributed by atoms with Crippen molar-refractivity contribution in [3.05, 3.63) is 385 Å². The molecule has 3 aliphatic rings. The first-order valence-electron chi connectivity index (χ1n) is 42.6. The van der Waals surface area contributed by atoms with Gasteiger partial charge in [-0.2, -0.15) is 0 Å². The van der Waals surface area contributed by atoms with Gasteiger partial charge < -0.3 is 13.3 Å². The molecule has 0 amide bonds. The van der Waals surface area contributed by atoms with E-state index in [-0.39, 0.29) is 16.2 Å². The zero-order valence-corrected chi connectivity index (χ0v) is 69.9. The highest BCUT2D eigenvalue weighted by atomic mass is 16.3. The Labute approximate surface area is 718 Å². The number of furan rings is 3. The van der Waals surface area contributed by atoms with Gasteiger partial charge in [0, 0.05) is 99.3 Å². The zero-order valence-electron chi connectivity index (χ0n) is 69.9. The molecular formula is C113H84N8O3. The third-order valence-corrected chi connectivity index (χ3v) is 26.0. The molecule has 0 unspecified atom stereocenters. The van der Waals surface area contributed by atoms with Crippen LogP contribution in [0.4, 0.5) is 0 Å². The van der Waals surface area contributed by atoms with E-state index in [1.165, 1.54) is 72.1 Å². The molecule has 7 heterocycles. The van der Waals surface area contributed by atoms with Crippen LogP contribution in [0.15, 0.2) is 365 Å². The van der Waals surface area contributed by atoms with Gasteiger partial charge in [-0.05, 0) is 176 Å². The molecule has 0 spiro atoms. The molecule has 11 heteroatoms.